The topological polar surface area (TPSA) is 147 Å². The van der Waals surface area contributed by atoms with Crippen LogP contribution in [0.5, 0.6) is 11.5 Å². The third-order valence-electron chi connectivity index (χ3n) is 6.55. The standard InChI is InChI=1S/C15H14N2O4.C13H12N2O4/c18-15(12-7-21-17-14(12)9-1-2-9)16-11-3-4-13-10(5-11)6-19-8-20-13;1-8-11(6-19-15-8)13(16)14-10-2-3-12-9(4-10)5-17-7-18-12/h3-5,7,9H,1-2,6,8H2,(H,16,18);2-4,6H,5,7H2,1H3,(H,14,16). The van der Waals surface area contributed by atoms with E-state index >= 15 is 0 Å². The SMILES string of the molecule is Cc1nocc1C(=O)Nc1ccc2c(c1)COCO2.O=C(Nc1ccc2c(c1)COCO2)c1conc1C1CC1. The van der Waals surface area contributed by atoms with Crippen molar-refractivity contribution in [1.82, 2.24) is 10.3 Å². The predicted molar refractivity (Wildman–Crippen MR) is 139 cm³/mol. The third-order valence-corrected chi connectivity index (χ3v) is 6.55. The molecule has 2 aromatic carbocycles. The number of hydrogen-bond acceptors (Lipinski definition) is 10. The number of rotatable bonds is 5. The van der Waals surface area contributed by atoms with Crippen LogP contribution < -0.4 is 20.1 Å². The molecule has 0 spiro atoms. The Bertz CT molecular complexity index is 1540. The molecule has 2 aliphatic heterocycles. The molecular weight excluding hydrogens is 520 g/mol. The molecule has 1 fully saturated rings. The highest BCUT2D eigenvalue weighted by Gasteiger charge is 2.31. The van der Waals surface area contributed by atoms with Gasteiger partial charge in [0.2, 0.25) is 0 Å². The molecule has 2 amide bonds. The minimum absolute atomic E-state index is 0.198. The van der Waals surface area contributed by atoms with Crippen molar-refractivity contribution in [3.05, 3.63) is 82.6 Å². The molecule has 2 N–H and O–H groups in total. The van der Waals surface area contributed by atoms with Gasteiger partial charge in [-0.15, -0.1) is 0 Å². The maximum absolute atomic E-state index is 12.3. The average Bonchev–Trinajstić information content (AvgIpc) is 3.53. The Hall–Kier alpha value is -4.68. The summed E-state index contributed by atoms with van der Waals surface area (Å²) in [5.74, 6) is 1.50. The van der Waals surface area contributed by atoms with Crippen LogP contribution in [0.25, 0.3) is 0 Å². The van der Waals surface area contributed by atoms with Crippen LogP contribution in [0.3, 0.4) is 0 Å². The molecule has 1 aliphatic carbocycles. The first kappa shape index (κ1) is 25.6. The monoisotopic (exact) mass is 546 g/mol. The van der Waals surface area contributed by atoms with Crippen molar-refractivity contribution in [1.29, 1.82) is 0 Å². The van der Waals surface area contributed by atoms with Gasteiger partial charge in [-0.25, -0.2) is 0 Å². The van der Waals surface area contributed by atoms with Gasteiger partial charge in [-0.2, -0.15) is 0 Å². The number of fused-ring (bicyclic) bond motifs is 2. The summed E-state index contributed by atoms with van der Waals surface area (Å²) < 4.78 is 30.8. The van der Waals surface area contributed by atoms with Crippen LogP contribution in [-0.4, -0.2) is 35.7 Å². The number of hydrogen-bond donors (Lipinski definition) is 2. The van der Waals surface area contributed by atoms with E-state index in [9.17, 15) is 9.59 Å². The summed E-state index contributed by atoms with van der Waals surface area (Å²) in [7, 11) is 0. The summed E-state index contributed by atoms with van der Waals surface area (Å²) >= 11 is 0. The summed E-state index contributed by atoms with van der Waals surface area (Å²) in [5.41, 5.74) is 5.47. The zero-order chi connectivity index (χ0) is 27.5. The van der Waals surface area contributed by atoms with Crippen LogP contribution in [0.15, 0.2) is 58.0 Å². The molecule has 0 radical (unpaired) electrons. The number of aromatic nitrogens is 2. The number of carbonyl (C=O) groups is 2. The molecule has 4 aromatic rings. The summed E-state index contributed by atoms with van der Waals surface area (Å²) in [6.45, 7) is 3.21. The number of nitrogens with one attached hydrogen (secondary N) is 2. The number of aryl methyl sites for hydroxylation is 1. The molecule has 12 nitrogen and oxygen atoms in total. The lowest BCUT2D eigenvalue weighted by atomic mass is 10.1. The normalized spacial score (nSPS) is 15.3. The summed E-state index contributed by atoms with van der Waals surface area (Å²) in [5, 5.41) is 13.3. The van der Waals surface area contributed by atoms with Crippen LogP contribution in [0, 0.1) is 6.92 Å². The second kappa shape index (κ2) is 11.2. The van der Waals surface area contributed by atoms with Crippen LogP contribution in [0.2, 0.25) is 0 Å². The number of ether oxygens (including phenoxy) is 4. The number of nitrogens with zero attached hydrogens (tertiary/aromatic N) is 2. The Morgan fingerprint density at radius 2 is 1.32 bits per heavy atom. The molecule has 0 unspecified atom stereocenters. The van der Waals surface area contributed by atoms with E-state index in [1.54, 1.807) is 13.0 Å². The molecular formula is C28H26N4O8. The second-order valence-electron chi connectivity index (χ2n) is 9.48. The zero-order valence-electron chi connectivity index (χ0n) is 21.6. The van der Waals surface area contributed by atoms with E-state index in [-0.39, 0.29) is 25.4 Å². The van der Waals surface area contributed by atoms with E-state index in [0.29, 0.717) is 47.3 Å². The van der Waals surface area contributed by atoms with Crippen LogP contribution in [-0.2, 0) is 22.7 Å². The lowest BCUT2D eigenvalue weighted by molar-refractivity contribution is -0.0164. The Balaban J connectivity index is 0.000000145. The van der Waals surface area contributed by atoms with E-state index in [1.165, 1.54) is 12.5 Å². The number of benzene rings is 2. The molecule has 0 bridgehead atoms. The molecule has 4 heterocycles. The van der Waals surface area contributed by atoms with Gasteiger partial charge in [0.15, 0.2) is 13.6 Å². The van der Waals surface area contributed by atoms with Crippen molar-refractivity contribution in [3.63, 3.8) is 0 Å². The van der Waals surface area contributed by atoms with E-state index in [1.807, 2.05) is 30.3 Å². The fourth-order valence-corrected chi connectivity index (χ4v) is 4.31. The first-order valence-corrected chi connectivity index (χ1v) is 12.7. The first-order chi connectivity index (χ1) is 19.5. The van der Waals surface area contributed by atoms with Gasteiger partial charge in [-0.1, -0.05) is 10.3 Å². The second-order valence-corrected chi connectivity index (χ2v) is 9.48. The van der Waals surface area contributed by atoms with Gasteiger partial charge in [-0.3, -0.25) is 9.59 Å². The fourth-order valence-electron chi connectivity index (χ4n) is 4.31. The van der Waals surface area contributed by atoms with Crippen molar-refractivity contribution in [2.75, 3.05) is 24.2 Å². The van der Waals surface area contributed by atoms with Gasteiger partial charge in [-0.05, 0) is 56.2 Å². The highest BCUT2D eigenvalue weighted by molar-refractivity contribution is 6.05. The molecule has 12 heteroatoms. The molecule has 206 valence electrons. The molecule has 0 saturated heterocycles. The molecule has 0 atom stereocenters. The van der Waals surface area contributed by atoms with Gasteiger partial charge >= 0.3 is 0 Å². The third kappa shape index (κ3) is 5.67. The summed E-state index contributed by atoms with van der Waals surface area (Å²) in [4.78, 5) is 24.3. The van der Waals surface area contributed by atoms with Crippen LogP contribution in [0.4, 0.5) is 11.4 Å². The largest absolute Gasteiger partial charge is 0.467 e. The lowest BCUT2D eigenvalue weighted by Gasteiger charge is -2.18. The van der Waals surface area contributed by atoms with E-state index < -0.39 is 0 Å². The first-order valence-electron chi connectivity index (χ1n) is 12.7. The maximum Gasteiger partial charge on any atom is 0.260 e. The summed E-state index contributed by atoms with van der Waals surface area (Å²) in [6.07, 6.45) is 4.88. The fraction of sp³-hybridized carbons (Fsp3) is 0.286. The Labute approximate surface area is 228 Å². The van der Waals surface area contributed by atoms with Crippen molar-refractivity contribution in [3.8, 4) is 11.5 Å². The Morgan fingerprint density at radius 3 is 1.88 bits per heavy atom. The van der Waals surface area contributed by atoms with Gasteiger partial charge in [0, 0.05) is 28.4 Å². The van der Waals surface area contributed by atoms with Crippen molar-refractivity contribution < 1.29 is 37.6 Å². The smallest absolute Gasteiger partial charge is 0.260 e. The lowest BCUT2D eigenvalue weighted by Crippen LogP contribution is -2.15. The molecule has 7 rings (SSSR count). The van der Waals surface area contributed by atoms with Gasteiger partial charge in [0.1, 0.15) is 35.2 Å². The van der Waals surface area contributed by atoms with Gasteiger partial charge < -0.3 is 38.6 Å². The van der Waals surface area contributed by atoms with Crippen molar-refractivity contribution in [2.24, 2.45) is 0 Å². The average molecular weight is 547 g/mol. The van der Waals surface area contributed by atoms with E-state index in [0.717, 1.165) is 41.2 Å². The minimum atomic E-state index is -0.253. The molecule has 3 aliphatic rings. The highest BCUT2D eigenvalue weighted by Crippen LogP contribution is 2.41. The Kier molecular flexibility index (Phi) is 7.17. The van der Waals surface area contributed by atoms with Gasteiger partial charge in [0.05, 0.1) is 24.6 Å². The Morgan fingerprint density at radius 1 is 0.775 bits per heavy atom. The number of carbonyl (C=O) groups excluding carboxylic acids is 2. The highest BCUT2D eigenvalue weighted by atomic mass is 16.7. The minimum Gasteiger partial charge on any atom is -0.467 e. The molecule has 1 saturated carbocycles. The molecule has 2 aromatic heterocycles. The van der Waals surface area contributed by atoms with Gasteiger partial charge in [0.25, 0.3) is 11.8 Å². The van der Waals surface area contributed by atoms with Crippen molar-refractivity contribution >= 4 is 23.2 Å². The maximum atomic E-state index is 12.3. The number of anilines is 2. The number of amides is 2. The quantitative estimate of drug-likeness (QED) is 0.359. The van der Waals surface area contributed by atoms with E-state index in [4.69, 9.17) is 28.0 Å². The molecule has 40 heavy (non-hydrogen) atoms. The predicted octanol–water partition coefficient (Wildman–Crippen LogP) is 4.77. The van der Waals surface area contributed by atoms with E-state index in [2.05, 4.69) is 20.9 Å². The van der Waals surface area contributed by atoms with Crippen LogP contribution >= 0.6 is 0 Å². The van der Waals surface area contributed by atoms with Crippen LogP contribution in [0.1, 0.15) is 62.0 Å². The zero-order valence-corrected chi connectivity index (χ0v) is 21.6. The van der Waals surface area contributed by atoms with Crippen molar-refractivity contribution in [2.45, 2.75) is 38.9 Å². The summed E-state index contributed by atoms with van der Waals surface area (Å²) in [6, 6.07) is 10.9.